The Bertz CT molecular complexity index is 1330. The molecule has 0 atom stereocenters. The third kappa shape index (κ3) is 3.82. The number of anilines is 1. The molecule has 1 saturated heterocycles. The number of halogens is 1. The van der Waals surface area contributed by atoms with Gasteiger partial charge in [-0.25, -0.2) is 17.8 Å². The van der Waals surface area contributed by atoms with Gasteiger partial charge in [0.05, 0.1) is 10.4 Å². The number of hydrogen-bond acceptors (Lipinski definition) is 5. The summed E-state index contributed by atoms with van der Waals surface area (Å²) in [5.74, 6) is 0.279. The molecule has 158 valence electrons. The summed E-state index contributed by atoms with van der Waals surface area (Å²) >= 11 is 1.68. The second kappa shape index (κ2) is 8.03. The first-order valence-electron chi connectivity index (χ1n) is 9.97. The van der Waals surface area contributed by atoms with E-state index in [0.717, 1.165) is 28.4 Å². The predicted octanol–water partition coefficient (Wildman–Crippen LogP) is 4.61. The molecule has 0 unspecified atom stereocenters. The van der Waals surface area contributed by atoms with Gasteiger partial charge >= 0.3 is 0 Å². The van der Waals surface area contributed by atoms with Gasteiger partial charge in [0.2, 0.25) is 10.0 Å². The van der Waals surface area contributed by atoms with Crippen molar-refractivity contribution in [2.24, 2.45) is 0 Å². The molecule has 5 rings (SSSR count). The van der Waals surface area contributed by atoms with Gasteiger partial charge in [0.15, 0.2) is 0 Å². The SMILES string of the molecule is O=S(=O)(c1cccc(F)c1)N1CCN(c2ccc3cccc(-c4cccs4)c3n2)CC1. The molecule has 8 heteroatoms. The lowest BCUT2D eigenvalue weighted by atomic mass is 10.1. The topological polar surface area (TPSA) is 53.5 Å². The number of fused-ring (bicyclic) bond motifs is 1. The molecule has 2 aromatic carbocycles. The number of piperazine rings is 1. The monoisotopic (exact) mass is 453 g/mol. The number of sulfonamides is 1. The van der Waals surface area contributed by atoms with Crippen LogP contribution in [0.4, 0.5) is 10.2 Å². The number of aromatic nitrogens is 1. The lowest BCUT2D eigenvalue weighted by Gasteiger charge is -2.34. The standard InChI is InChI=1S/C23H20FN3O2S2/c24-18-5-2-6-19(16-18)31(28,29)27-13-11-26(12-14-27)22-10-9-17-4-1-7-20(23(17)25-22)21-8-3-15-30-21/h1-10,15-16H,11-14H2. The van der Waals surface area contributed by atoms with Crippen LogP contribution in [0.15, 0.2) is 77.0 Å². The van der Waals surface area contributed by atoms with E-state index in [4.69, 9.17) is 4.98 Å². The van der Waals surface area contributed by atoms with Crippen LogP contribution in [0.1, 0.15) is 0 Å². The van der Waals surface area contributed by atoms with Crippen LogP contribution in [-0.2, 0) is 10.0 Å². The van der Waals surface area contributed by atoms with Crippen molar-refractivity contribution in [3.63, 3.8) is 0 Å². The second-order valence-electron chi connectivity index (χ2n) is 7.37. The van der Waals surface area contributed by atoms with E-state index in [0.29, 0.717) is 26.2 Å². The molecular formula is C23H20FN3O2S2. The maximum Gasteiger partial charge on any atom is 0.243 e. The smallest absolute Gasteiger partial charge is 0.243 e. The molecule has 4 aromatic rings. The van der Waals surface area contributed by atoms with Crippen LogP contribution in [0.3, 0.4) is 0 Å². The number of benzene rings is 2. The van der Waals surface area contributed by atoms with Gasteiger partial charge in [0.25, 0.3) is 0 Å². The molecule has 1 aliphatic rings. The molecule has 0 N–H and O–H groups in total. The summed E-state index contributed by atoms with van der Waals surface area (Å²) in [7, 11) is -3.71. The number of thiophene rings is 1. The molecule has 0 bridgehead atoms. The minimum atomic E-state index is -3.71. The third-order valence-electron chi connectivity index (χ3n) is 5.49. The normalized spacial score (nSPS) is 15.5. The van der Waals surface area contributed by atoms with E-state index in [9.17, 15) is 12.8 Å². The van der Waals surface area contributed by atoms with Crippen LogP contribution >= 0.6 is 11.3 Å². The van der Waals surface area contributed by atoms with Crippen molar-refractivity contribution < 1.29 is 12.8 Å². The van der Waals surface area contributed by atoms with Crippen molar-refractivity contribution in [1.82, 2.24) is 9.29 Å². The highest BCUT2D eigenvalue weighted by Gasteiger charge is 2.29. The Morgan fingerprint density at radius 3 is 2.45 bits per heavy atom. The van der Waals surface area contributed by atoms with E-state index < -0.39 is 15.8 Å². The van der Waals surface area contributed by atoms with Gasteiger partial charge in [-0.15, -0.1) is 11.3 Å². The number of hydrogen-bond donors (Lipinski definition) is 0. The Labute approximate surface area is 184 Å². The fraction of sp³-hybridized carbons (Fsp3) is 0.174. The zero-order chi connectivity index (χ0) is 21.4. The molecule has 1 fully saturated rings. The van der Waals surface area contributed by atoms with Crippen molar-refractivity contribution in [1.29, 1.82) is 0 Å². The third-order valence-corrected chi connectivity index (χ3v) is 8.29. The van der Waals surface area contributed by atoms with Crippen molar-refractivity contribution in [2.45, 2.75) is 4.90 Å². The Kier molecular flexibility index (Phi) is 5.21. The lowest BCUT2D eigenvalue weighted by molar-refractivity contribution is 0.383. The van der Waals surface area contributed by atoms with Gasteiger partial charge in [0.1, 0.15) is 11.6 Å². The van der Waals surface area contributed by atoms with Crippen LogP contribution in [0.5, 0.6) is 0 Å². The van der Waals surface area contributed by atoms with Gasteiger partial charge < -0.3 is 4.90 Å². The van der Waals surface area contributed by atoms with Gasteiger partial charge in [-0.05, 0) is 41.8 Å². The maximum atomic E-state index is 13.5. The second-order valence-corrected chi connectivity index (χ2v) is 10.3. The van der Waals surface area contributed by atoms with Crippen molar-refractivity contribution in [2.75, 3.05) is 31.1 Å². The predicted molar refractivity (Wildman–Crippen MR) is 122 cm³/mol. The Hall–Kier alpha value is -2.81. The summed E-state index contributed by atoms with van der Waals surface area (Å²) in [5, 5.41) is 3.12. The van der Waals surface area contributed by atoms with Crippen LogP contribution in [0.2, 0.25) is 0 Å². The Morgan fingerprint density at radius 1 is 0.903 bits per heavy atom. The molecule has 2 aromatic heterocycles. The first-order chi connectivity index (χ1) is 15.0. The van der Waals surface area contributed by atoms with Crippen molar-refractivity contribution in [3.05, 3.63) is 77.9 Å². The molecule has 0 saturated carbocycles. The average molecular weight is 454 g/mol. The summed E-state index contributed by atoms with van der Waals surface area (Å²) in [5.41, 5.74) is 2.04. The molecule has 3 heterocycles. The summed E-state index contributed by atoms with van der Waals surface area (Å²) in [6, 6.07) is 19.5. The quantitative estimate of drug-likeness (QED) is 0.453. The highest BCUT2D eigenvalue weighted by Crippen LogP contribution is 2.32. The first kappa shape index (κ1) is 20.1. The molecule has 0 radical (unpaired) electrons. The van der Waals surface area contributed by atoms with Crippen molar-refractivity contribution >= 4 is 38.1 Å². The van der Waals surface area contributed by atoms with Gasteiger partial charge in [-0.1, -0.05) is 30.3 Å². The van der Waals surface area contributed by atoms with Gasteiger partial charge in [-0.2, -0.15) is 4.31 Å². The van der Waals surface area contributed by atoms with E-state index in [1.165, 1.54) is 27.4 Å². The molecule has 5 nitrogen and oxygen atoms in total. The molecular weight excluding hydrogens is 433 g/mol. The minimum Gasteiger partial charge on any atom is -0.354 e. The molecule has 0 amide bonds. The molecule has 1 aliphatic heterocycles. The highest BCUT2D eigenvalue weighted by atomic mass is 32.2. The number of rotatable bonds is 4. The zero-order valence-corrected chi connectivity index (χ0v) is 18.2. The summed E-state index contributed by atoms with van der Waals surface area (Å²) in [4.78, 5) is 8.19. The van der Waals surface area contributed by atoms with E-state index in [-0.39, 0.29) is 4.90 Å². The lowest BCUT2D eigenvalue weighted by Crippen LogP contribution is -2.48. The minimum absolute atomic E-state index is 0.00892. The van der Waals surface area contributed by atoms with Gasteiger partial charge in [-0.3, -0.25) is 0 Å². The van der Waals surface area contributed by atoms with Gasteiger partial charge in [0, 0.05) is 42.0 Å². The van der Waals surface area contributed by atoms with E-state index in [2.05, 4.69) is 28.5 Å². The molecule has 0 spiro atoms. The highest BCUT2D eigenvalue weighted by molar-refractivity contribution is 7.89. The molecule has 31 heavy (non-hydrogen) atoms. The van der Waals surface area contributed by atoms with Crippen LogP contribution < -0.4 is 4.90 Å². The number of nitrogens with zero attached hydrogens (tertiary/aromatic N) is 3. The first-order valence-corrected chi connectivity index (χ1v) is 12.3. The largest absolute Gasteiger partial charge is 0.354 e. The van der Waals surface area contributed by atoms with E-state index >= 15 is 0 Å². The number of para-hydroxylation sites is 1. The van der Waals surface area contributed by atoms with E-state index in [1.807, 2.05) is 24.3 Å². The van der Waals surface area contributed by atoms with Crippen molar-refractivity contribution in [3.8, 4) is 10.4 Å². The fourth-order valence-electron chi connectivity index (χ4n) is 3.88. The van der Waals surface area contributed by atoms with Crippen LogP contribution in [0, 0.1) is 5.82 Å². The average Bonchev–Trinajstić information content (AvgIpc) is 3.33. The van der Waals surface area contributed by atoms with Crippen LogP contribution in [0.25, 0.3) is 21.3 Å². The maximum absolute atomic E-state index is 13.5. The number of pyridine rings is 1. The molecule has 0 aliphatic carbocycles. The van der Waals surface area contributed by atoms with E-state index in [1.54, 1.807) is 11.3 Å². The summed E-state index contributed by atoms with van der Waals surface area (Å²) in [6.45, 7) is 1.69. The summed E-state index contributed by atoms with van der Waals surface area (Å²) in [6.07, 6.45) is 0. The summed E-state index contributed by atoms with van der Waals surface area (Å²) < 4.78 is 40.6. The fourth-order valence-corrected chi connectivity index (χ4v) is 6.08. The Balaban J connectivity index is 1.39. The van der Waals surface area contributed by atoms with Crippen LogP contribution in [-0.4, -0.2) is 43.9 Å². The zero-order valence-electron chi connectivity index (χ0n) is 16.6. The Morgan fingerprint density at radius 2 is 1.71 bits per heavy atom.